The summed E-state index contributed by atoms with van der Waals surface area (Å²) in [7, 11) is 3.19. The lowest BCUT2D eigenvalue weighted by Gasteiger charge is -2.27. The first-order valence-corrected chi connectivity index (χ1v) is 14.0. The van der Waals surface area contributed by atoms with Gasteiger partial charge in [0.2, 0.25) is 12.3 Å². The number of anilines is 1. The molecule has 4 aromatic rings. The minimum Gasteiger partial charge on any atom is -0.495 e. The van der Waals surface area contributed by atoms with E-state index in [0.29, 0.717) is 5.75 Å². The Morgan fingerprint density at radius 3 is 2.13 bits per heavy atom. The summed E-state index contributed by atoms with van der Waals surface area (Å²) in [5, 5.41) is 9.94. The van der Waals surface area contributed by atoms with E-state index in [0.717, 1.165) is 22.9 Å². The Morgan fingerprint density at radius 1 is 1.00 bits per heavy atom. The van der Waals surface area contributed by atoms with Crippen molar-refractivity contribution in [1.82, 2.24) is 20.5 Å². The predicted octanol–water partition coefficient (Wildman–Crippen LogP) is 6.37. The fourth-order valence-corrected chi connectivity index (χ4v) is 4.05. The molecule has 0 radical (unpaired) electrons. The third-order valence-electron chi connectivity index (χ3n) is 6.24. The van der Waals surface area contributed by atoms with Crippen molar-refractivity contribution in [3.05, 3.63) is 77.6 Å². The number of carbonyl (C=O) groups excluding carboxylic acids is 3. The van der Waals surface area contributed by atoms with Crippen molar-refractivity contribution >= 4 is 25.7 Å². The fourth-order valence-electron chi connectivity index (χ4n) is 4.05. The second kappa shape index (κ2) is 18.0. The predicted molar refractivity (Wildman–Crippen MR) is 170 cm³/mol. The Hall–Kier alpha value is -5.07. The molecule has 0 bridgehead atoms. The van der Waals surface area contributed by atoms with E-state index in [9.17, 15) is 4.79 Å². The van der Waals surface area contributed by atoms with E-state index >= 15 is 13.2 Å². The lowest BCUT2D eigenvalue weighted by Crippen LogP contribution is -2.32. The monoisotopic (exact) mass is 643 g/mol. The van der Waals surface area contributed by atoms with Gasteiger partial charge in [-0.2, -0.15) is 8.78 Å². The van der Waals surface area contributed by atoms with Crippen LogP contribution in [0.1, 0.15) is 51.6 Å². The smallest absolute Gasteiger partial charge is 0.292 e. The van der Waals surface area contributed by atoms with Crippen LogP contribution in [-0.4, -0.2) is 55.9 Å². The molecule has 0 unspecified atom stereocenters. The third-order valence-corrected chi connectivity index (χ3v) is 6.24. The number of rotatable bonds is 10. The molecule has 0 saturated heterocycles. The van der Waals surface area contributed by atoms with Crippen molar-refractivity contribution in [2.75, 3.05) is 25.6 Å². The number of halogens is 3. The quantitative estimate of drug-likeness (QED) is 0.196. The lowest BCUT2D eigenvalue weighted by atomic mass is 9.97. The van der Waals surface area contributed by atoms with Crippen LogP contribution >= 0.6 is 0 Å². The number of hydrogen-bond acceptors (Lipinski definition) is 9. The van der Waals surface area contributed by atoms with Gasteiger partial charge in [0, 0.05) is 35.8 Å². The van der Waals surface area contributed by atoms with Crippen LogP contribution < -0.4 is 15.0 Å². The molecule has 46 heavy (non-hydrogen) atoms. The van der Waals surface area contributed by atoms with E-state index in [1.165, 1.54) is 6.07 Å². The third kappa shape index (κ3) is 9.98. The molecular weight excluding hydrogens is 603 g/mol. The Bertz CT molecular complexity index is 1510. The second-order valence-electron chi connectivity index (χ2n) is 10.4. The number of nitrogens with one attached hydrogen (secondary N) is 1. The van der Waals surface area contributed by atoms with Gasteiger partial charge in [-0.3, -0.25) is 9.78 Å². The topological polar surface area (TPSA) is 128 Å². The zero-order valence-corrected chi connectivity index (χ0v) is 27.1. The summed E-state index contributed by atoms with van der Waals surface area (Å²) in [4.78, 5) is 32.7. The van der Waals surface area contributed by atoms with E-state index in [1.807, 2.05) is 89.9 Å². The molecule has 0 atom stereocenters. The van der Waals surface area contributed by atoms with Gasteiger partial charge in [-0.1, -0.05) is 58.9 Å². The average molecular weight is 644 g/mol. The SMILES string of the molecule is C=O.C=O.CC.COc1ccc(-c2ccc(CN(C)c3cc(-c4nnc(C(C)(C)C)o4)c(F)cc3C(F)(F)CNC=O)cc2)nc1. The van der Waals surface area contributed by atoms with Gasteiger partial charge in [-0.15, -0.1) is 10.2 Å². The van der Waals surface area contributed by atoms with Crippen molar-refractivity contribution in [2.24, 2.45) is 0 Å². The molecule has 0 aliphatic heterocycles. The Balaban J connectivity index is 0.00000166. The minimum atomic E-state index is -3.56. The summed E-state index contributed by atoms with van der Waals surface area (Å²) in [5.41, 5.74) is 1.32. The van der Waals surface area contributed by atoms with Gasteiger partial charge in [0.1, 0.15) is 25.1 Å². The number of amides is 1. The summed E-state index contributed by atoms with van der Waals surface area (Å²) in [6.07, 6.45) is 1.80. The molecule has 2 aromatic heterocycles. The maximum Gasteiger partial charge on any atom is 0.292 e. The van der Waals surface area contributed by atoms with E-state index in [1.54, 1.807) is 25.3 Å². The molecule has 0 saturated carbocycles. The van der Waals surface area contributed by atoms with Crippen molar-refractivity contribution in [3.8, 4) is 28.5 Å². The van der Waals surface area contributed by atoms with E-state index in [4.69, 9.17) is 18.7 Å². The molecule has 2 aromatic carbocycles. The number of benzene rings is 2. The van der Waals surface area contributed by atoms with E-state index in [-0.39, 0.29) is 36.0 Å². The maximum atomic E-state index is 15.2. The van der Waals surface area contributed by atoms with Gasteiger partial charge >= 0.3 is 0 Å². The number of ether oxygens (including phenoxy) is 1. The zero-order valence-electron chi connectivity index (χ0n) is 27.1. The first kappa shape index (κ1) is 39.0. The van der Waals surface area contributed by atoms with Crippen LogP contribution in [0.4, 0.5) is 18.9 Å². The largest absolute Gasteiger partial charge is 0.495 e. The van der Waals surface area contributed by atoms with Crippen molar-refractivity contribution in [2.45, 2.75) is 52.5 Å². The molecule has 1 N–H and O–H groups in total. The molecule has 2 heterocycles. The first-order valence-electron chi connectivity index (χ1n) is 14.0. The molecule has 0 aliphatic carbocycles. The van der Waals surface area contributed by atoms with Gasteiger partial charge in [0.15, 0.2) is 0 Å². The van der Waals surface area contributed by atoms with Crippen LogP contribution in [0.5, 0.6) is 5.75 Å². The molecule has 0 spiro atoms. The van der Waals surface area contributed by atoms with E-state index in [2.05, 4.69) is 15.2 Å². The number of nitrogens with zero attached hydrogens (tertiary/aromatic N) is 4. The van der Waals surface area contributed by atoms with Gasteiger partial charge in [-0.25, -0.2) is 4.39 Å². The highest BCUT2D eigenvalue weighted by molar-refractivity contribution is 5.68. The highest BCUT2D eigenvalue weighted by Crippen LogP contribution is 2.40. The normalized spacial score (nSPS) is 10.6. The van der Waals surface area contributed by atoms with Crippen molar-refractivity contribution in [3.63, 3.8) is 0 Å². The lowest BCUT2D eigenvalue weighted by molar-refractivity contribution is -0.111. The van der Waals surface area contributed by atoms with Crippen molar-refractivity contribution < 1.29 is 36.7 Å². The highest BCUT2D eigenvalue weighted by atomic mass is 19.3. The fraction of sp³-hybridized carbons (Fsp3) is 0.333. The number of methoxy groups -OCH3 is 1. The first-order chi connectivity index (χ1) is 21.9. The second-order valence-corrected chi connectivity index (χ2v) is 10.4. The standard InChI is InChI=1S/C29H30F3N5O3.C2H6.2CH2O/c1-28(2,3)27-36-35-26(40-27)21-12-25(22(13-23(21)30)29(31,32)16-33-17-38)37(4)15-18-6-8-19(9-7-18)24-11-10-20(39-5)14-34-24;3*1-2/h6-14,17H,15-16H2,1-5H3,(H,33,38);1-2H3;2*1H2. The van der Waals surface area contributed by atoms with Gasteiger partial charge in [-0.05, 0) is 29.8 Å². The summed E-state index contributed by atoms with van der Waals surface area (Å²) in [6, 6.07) is 13.2. The van der Waals surface area contributed by atoms with Gasteiger partial charge < -0.3 is 29.0 Å². The number of pyridine rings is 1. The number of carbonyl (C=O) groups is 3. The summed E-state index contributed by atoms with van der Waals surface area (Å²) in [5.74, 6) is -3.69. The Labute approximate surface area is 267 Å². The van der Waals surface area contributed by atoms with Crippen molar-refractivity contribution in [1.29, 1.82) is 0 Å². The van der Waals surface area contributed by atoms with Crippen LogP contribution in [-0.2, 0) is 32.3 Å². The Morgan fingerprint density at radius 2 is 1.63 bits per heavy atom. The van der Waals surface area contributed by atoms with Crippen LogP contribution in [0.3, 0.4) is 0 Å². The Kier molecular flexibility index (Phi) is 15.3. The maximum absolute atomic E-state index is 15.2. The molecule has 0 fully saturated rings. The van der Waals surface area contributed by atoms with Crippen LogP contribution in [0, 0.1) is 5.82 Å². The average Bonchev–Trinajstić information content (AvgIpc) is 3.58. The van der Waals surface area contributed by atoms with Gasteiger partial charge in [0.05, 0.1) is 31.1 Å². The van der Waals surface area contributed by atoms with Crippen LogP contribution in [0.25, 0.3) is 22.7 Å². The molecule has 0 aliphatic rings. The number of alkyl halides is 2. The highest BCUT2D eigenvalue weighted by Gasteiger charge is 2.36. The summed E-state index contributed by atoms with van der Waals surface area (Å²) >= 11 is 0. The number of hydrogen-bond donors (Lipinski definition) is 1. The minimum absolute atomic E-state index is 0.0468. The molecule has 248 valence electrons. The molecule has 1 amide bonds. The molecular formula is C33H40F3N5O5. The van der Waals surface area contributed by atoms with E-state index < -0.39 is 29.3 Å². The molecule has 13 heteroatoms. The summed E-state index contributed by atoms with van der Waals surface area (Å²) < 4.78 is 56.4. The summed E-state index contributed by atoms with van der Waals surface area (Å²) in [6.45, 7) is 12.8. The van der Waals surface area contributed by atoms with Gasteiger partial charge in [0.25, 0.3) is 11.8 Å². The molecule has 4 rings (SSSR count). The number of aromatic nitrogens is 3. The van der Waals surface area contributed by atoms with Crippen LogP contribution in [0.15, 0.2) is 59.1 Å². The zero-order chi connectivity index (χ0) is 35.1. The van der Waals surface area contributed by atoms with Crippen LogP contribution in [0.2, 0.25) is 0 Å². The molecule has 10 nitrogen and oxygen atoms in total.